The van der Waals surface area contributed by atoms with Gasteiger partial charge in [-0.05, 0) is 12.3 Å². The van der Waals surface area contributed by atoms with Crippen LogP contribution < -0.4 is 11.1 Å². The van der Waals surface area contributed by atoms with E-state index in [0.717, 1.165) is 13.0 Å². The number of hydrogen-bond acceptors (Lipinski definition) is 2. The molecule has 3 nitrogen and oxygen atoms in total. The van der Waals surface area contributed by atoms with Crippen molar-refractivity contribution in [2.45, 2.75) is 59.3 Å². The van der Waals surface area contributed by atoms with E-state index >= 15 is 0 Å². The molecule has 4 heteroatoms. The van der Waals surface area contributed by atoms with E-state index in [-0.39, 0.29) is 17.7 Å². The largest absolute Gasteiger partial charge is 0.393 e. The molecule has 0 aromatic carbocycles. The molecule has 1 atom stereocenters. The Morgan fingerprint density at radius 1 is 1.17 bits per heavy atom. The number of nitrogens with two attached hydrogens (primary N) is 1. The minimum atomic E-state index is -0.333. The summed E-state index contributed by atoms with van der Waals surface area (Å²) in [5, 5.41) is 2.93. The summed E-state index contributed by atoms with van der Waals surface area (Å²) < 4.78 is 0. The van der Waals surface area contributed by atoms with Crippen molar-refractivity contribution in [3.63, 3.8) is 0 Å². The first-order valence-corrected chi connectivity index (χ1v) is 7.48. The van der Waals surface area contributed by atoms with Crippen molar-refractivity contribution in [3.8, 4) is 0 Å². The quantitative estimate of drug-likeness (QED) is 0.475. The molecule has 3 N–H and O–H groups in total. The maximum atomic E-state index is 11.9. The van der Waals surface area contributed by atoms with Crippen molar-refractivity contribution < 1.29 is 4.79 Å². The summed E-state index contributed by atoms with van der Waals surface area (Å²) in [6, 6.07) is 0. The highest BCUT2D eigenvalue weighted by Gasteiger charge is 2.24. The van der Waals surface area contributed by atoms with Gasteiger partial charge in [-0.2, -0.15) is 0 Å². The Bertz CT molecular complexity index is 254. The Kier molecular flexibility index (Phi) is 9.93. The van der Waals surface area contributed by atoms with Gasteiger partial charge in [-0.15, -0.1) is 0 Å². The Hall–Kier alpha value is -0.640. The van der Waals surface area contributed by atoms with Crippen molar-refractivity contribution in [2.75, 3.05) is 6.54 Å². The third-order valence-corrected chi connectivity index (χ3v) is 3.34. The molecule has 1 unspecified atom stereocenters. The molecule has 0 spiro atoms. The zero-order valence-corrected chi connectivity index (χ0v) is 12.8. The Morgan fingerprint density at radius 2 is 1.72 bits per heavy atom. The van der Waals surface area contributed by atoms with Crippen LogP contribution in [-0.4, -0.2) is 17.4 Å². The van der Waals surface area contributed by atoms with Crippen LogP contribution in [0.25, 0.3) is 0 Å². The number of rotatable bonds is 10. The van der Waals surface area contributed by atoms with Crippen LogP contribution in [0.15, 0.2) is 0 Å². The van der Waals surface area contributed by atoms with Crippen molar-refractivity contribution in [2.24, 2.45) is 17.6 Å². The number of carbonyl (C=O) groups excluding carboxylic acids is 1. The third-order valence-electron chi connectivity index (χ3n) is 3.09. The number of hydrogen-bond donors (Lipinski definition) is 2. The molecule has 0 saturated heterocycles. The van der Waals surface area contributed by atoms with Gasteiger partial charge in [0.2, 0.25) is 5.91 Å². The molecule has 0 aromatic heterocycles. The normalized spacial score (nSPS) is 12.4. The van der Waals surface area contributed by atoms with Gasteiger partial charge in [0.25, 0.3) is 0 Å². The summed E-state index contributed by atoms with van der Waals surface area (Å²) in [7, 11) is 0. The fourth-order valence-corrected chi connectivity index (χ4v) is 2.37. The fourth-order valence-electron chi connectivity index (χ4n) is 1.99. The number of amides is 1. The Labute approximate surface area is 117 Å². The molecular formula is C14H28N2OS. The van der Waals surface area contributed by atoms with Gasteiger partial charge in [0.1, 0.15) is 0 Å². The lowest BCUT2D eigenvalue weighted by Gasteiger charge is -2.18. The van der Waals surface area contributed by atoms with E-state index in [1.807, 2.05) is 13.8 Å². The van der Waals surface area contributed by atoms with Gasteiger partial charge >= 0.3 is 0 Å². The lowest BCUT2D eigenvalue weighted by molar-refractivity contribution is -0.123. The third kappa shape index (κ3) is 7.64. The summed E-state index contributed by atoms with van der Waals surface area (Å²) in [5.41, 5.74) is 5.59. The van der Waals surface area contributed by atoms with Crippen LogP contribution in [0.3, 0.4) is 0 Å². The number of nitrogens with one attached hydrogen (secondary N) is 1. The molecular weight excluding hydrogens is 244 g/mol. The van der Waals surface area contributed by atoms with E-state index < -0.39 is 0 Å². The molecule has 1 amide bonds. The zero-order chi connectivity index (χ0) is 14.0. The monoisotopic (exact) mass is 272 g/mol. The summed E-state index contributed by atoms with van der Waals surface area (Å²) in [6.07, 6.45) is 7.35. The SMILES string of the molecule is CCCCCCCCNC(=O)C(C(N)=S)C(C)C. The van der Waals surface area contributed by atoms with E-state index in [1.165, 1.54) is 32.1 Å². The maximum Gasteiger partial charge on any atom is 0.230 e. The molecule has 0 aromatic rings. The lowest BCUT2D eigenvalue weighted by atomic mass is 9.95. The molecule has 0 saturated carbocycles. The van der Waals surface area contributed by atoms with Crippen molar-refractivity contribution in [1.29, 1.82) is 0 Å². The average molecular weight is 272 g/mol. The molecule has 0 fully saturated rings. The molecule has 0 bridgehead atoms. The van der Waals surface area contributed by atoms with E-state index in [2.05, 4.69) is 12.2 Å². The van der Waals surface area contributed by atoms with Crippen LogP contribution in [-0.2, 0) is 4.79 Å². The second kappa shape index (κ2) is 10.3. The predicted octanol–water partition coefficient (Wildman–Crippen LogP) is 3.02. The van der Waals surface area contributed by atoms with Gasteiger partial charge < -0.3 is 11.1 Å². The van der Waals surface area contributed by atoms with Crippen molar-refractivity contribution >= 4 is 23.1 Å². The van der Waals surface area contributed by atoms with E-state index in [1.54, 1.807) is 0 Å². The van der Waals surface area contributed by atoms with E-state index in [4.69, 9.17) is 18.0 Å². The fraction of sp³-hybridized carbons (Fsp3) is 0.857. The number of unbranched alkanes of at least 4 members (excludes halogenated alkanes) is 5. The van der Waals surface area contributed by atoms with Gasteiger partial charge in [0.05, 0.1) is 10.9 Å². The first kappa shape index (κ1) is 17.4. The Balaban J connectivity index is 3.72. The van der Waals surface area contributed by atoms with Crippen LogP contribution in [0.5, 0.6) is 0 Å². The van der Waals surface area contributed by atoms with Gasteiger partial charge in [-0.1, -0.05) is 65.1 Å². The van der Waals surface area contributed by atoms with E-state index in [0.29, 0.717) is 4.99 Å². The predicted molar refractivity (Wildman–Crippen MR) is 81.5 cm³/mol. The van der Waals surface area contributed by atoms with Crippen LogP contribution in [0.4, 0.5) is 0 Å². The summed E-state index contributed by atoms with van der Waals surface area (Å²) >= 11 is 4.94. The van der Waals surface area contributed by atoms with Gasteiger partial charge in [0, 0.05) is 6.54 Å². The molecule has 0 heterocycles. The van der Waals surface area contributed by atoms with Gasteiger partial charge in [-0.3, -0.25) is 4.79 Å². The molecule has 18 heavy (non-hydrogen) atoms. The van der Waals surface area contributed by atoms with Crippen LogP contribution in [0, 0.1) is 11.8 Å². The first-order chi connectivity index (χ1) is 8.50. The topological polar surface area (TPSA) is 55.1 Å². The maximum absolute atomic E-state index is 11.9. The van der Waals surface area contributed by atoms with Crippen molar-refractivity contribution in [3.05, 3.63) is 0 Å². The van der Waals surface area contributed by atoms with Gasteiger partial charge in [0.15, 0.2) is 0 Å². The van der Waals surface area contributed by atoms with Crippen LogP contribution in [0.2, 0.25) is 0 Å². The minimum Gasteiger partial charge on any atom is -0.393 e. The Morgan fingerprint density at radius 3 is 2.22 bits per heavy atom. The molecule has 0 rings (SSSR count). The standard InChI is InChI=1S/C14H28N2OS/c1-4-5-6-7-8-9-10-16-14(17)12(11(2)3)13(15)18/h11-12H,4-10H2,1-3H3,(H2,15,18)(H,16,17). The smallest absolute Gasteiger partial charge is 0.230 e. The lowest BCUT2D eigenvalue weighted by Crippen LogP contribution is -2.41. The summed E-state index contributed by atoms with van der Waals surface area (Å²) in [4.78, 5) is 12.2. The average Bonchev–Trinajstić information content (AvgIpc) is 2.26. The molecule has 0 radical (unpaired) electrons. The molecule has 0 aliphatic rings. The van der Waals surface area contributed by atoms with Gasteiger partial charge in [-0.25, -0.2) is 0 Å². The minimum absolute atomic E-state index is 0.0222. The number of carbonyl (C=O) groups is 1. The summed E-state index contributed by atoms with van der Waals surface area (Å²) in [6.45, 7) is 6.88. The number of thiocarbonyl (C=S) groups is 1. The first-order valence-electron chi connectivity index (χ1n) is 7.07. The molecule has 0 aliphatic heterocycles. The second-order valence-corrected chi connectivity index (χ2v) is 5.65. The zero-order valence-electron chi connectivity index (χ0n) is 12.0. The van der Waals surface area contributed by atoms with Crippen LogP contribution >= 0.6 is 12.2 Å². The summed E-state index contributed by atoms with van der Waals surface area (Å²) in [5.74, 6) is -0.196. The second-order valence-electron chi connectivity index (χ2n) is 5.18. The molecule has 106 valence electrons. The van der Waals surface area contributed by atoms with E-state index in [9.17, 15) is 4.79 Å². The highest BCUT2D eigenvalue weighted by molar-refractivity contribution is 7.80. The highest BCUT2D eigenvalue weighted by atomic mass is 32.1. The van der Waals surface area contributed by atoms with Crippen LogP contribution in [0.1, 0.15) is 59.3 Å². The highest BCUT2D eigenvalue weighted by Crippen LogP contribution is 2.11. The van der Waals surface area contributed by atoms with Crippen molar-refractivity contribution in [1.82, 2.24) is 5.32 Å². The molecule has 0 aliphatic carbocycles.